The molecule has 1 heterocycles. The third-order valence-electron chi connectivity index (χ3n) is 5.36. The summed E-state index contributed by atoms with van der Waals surface area (Å²) >= 11 is 5.92. The number of nitrogens with one attached hydrogen (secondary N) is 2. The fourth-order valence-corrected chi connectivity index (χ4v) is 5.15. The molecule has 31 heavy (non-hydrogen) atoms. The van der Waals surface area contributed by atoms with Crippen LogP contribution in [0, 0.1) is 5.92 Å². The molecule has 170 valence electrons. The van der Waals surface area contributed by atoms with Gasteiger partial charge < -0.3 is 10.6 Å². The molecule has 2 aromatic carbocycles. The maximum atomic E-state index is 12.7. The van der Waals surface area contributed by atoms with E-state index in [1.54, 1.807) is 35.6 Å². The van der Waals surface area contributed by atoms with Crippen LogP contribution < -0.4 is 10.6 Å². The molecule has 0 unspecified atom stereocenters. The van der Waals surface area contributed by atoms with Crippen molar-refractivity contribution in [1.82, 2.24) is 14.9 Å². The molecule has 0 spiro atoms. The van der Waals surface area contributed by atoms with Gasteiger partial charge in [0.25, 0.3) is 0 Å². The maximum Gasteiger partial charge on any atom is 0.243 e. The van der Waals surface area contributed by atoms with Gasteiger partial charge in [-0.05, 0) is 55.0 Å². The van der Waals surface area contributed by atoms with Crippen LogP contribution in [0.5, 0.6) is 0 Å². The molecule has 1 saturated heterocycles. The Morgan fingerprint density at radius 3 is 2.32 bits per heavy atom. The highest BCUT2D eigenvalue weighted by Crippen LogP contribution is 2.23. The summed E-state index contributed by atoms with van der Waals surface area (Å²) in [5.74, 6) is 1.19. The molecule has 6 nitrogen and oxygen atoms in total. The van der Waals surface area contributed by atoms with Crippen LogP contribution in [-0.2, 0) is 16.4 Å². The molecule has 0 aromatic heterocycles. The third-order valence-corrected chi connectivity index (χ3v) is 7.52. The minimum absolute atomic E-state index is 0. The van der Waals surface area contributed by atoms with Crippen LogP contribution in [-0.4, -0.2) is 51.9 Å². The number of halogens is 2. The third kappa shape index (κ3) is 7.62. The lowest BCUT2D eigenvalue weighted by Gasteiger charge is -2.31. The molecule has 0 amide bonds. The van der Waals surface area contributed by atoms with Gasteiger partial charge in [0.15, 0.2) is 5.96 Å². The van der Waals surface area contributed by atoms with Gasteiger partial charge in [-0.3, -0.25) is 4.99 Å². The second kappa shape index (κ2) is 12.6. The van der Waals surface area contributed by atoms with Crippen LogP contribution in [0.4, 0.5) is 0 Å². The van der Waals surface area contributed by atoms with Crippen LogP contribution in [0.15, 0.2) is 64.5 Å². The minimum atomic E-state index is -3.39. The molecule has 2 aromatic rings. The quantitative estimate of drug-likeness (QED) is 0.299. The predicted octanol–water partition coefficient (Wildman–Crippen LogP) is 3.77. The molecule has 9 heteroatoms. The van der Waals surface area contributed by atoms with Gasteiger partial charge in [-0.25, -0.2) is 8.42 Å². The Morgan fingerprint density at radius 2 is 1.71 bits per heavy atom. The first-order valence-electron chi connectivity index (χ1n) is 10.2. The van der Waals surface area contributed by atoms with Crippen LogP contribution >= 0.6 is 35.6 Å². The molecule has 0 aliphatic carbocycles. The summed E-state index contributed by atoms with van der Waals surface area (Å²) < 4.78 is 27.1. The lowest BCUT2D eigenvalue weighted by Crippen LogP contribution is -2.44. The SMILES string of the molecule is CN=C(NCCc1ccc(Cl)cc1)NCC1CCN(S(=O)(=O)c2ccccc2)CC1.I. The van der Waals surface area contributed by atoms with E-state index in [1.165, 1.54) is 5.56 Å². The van der Waals surface area contributed by atoms with E-state index in [0.29, 0.717) is 23.9 Å². The molecule has 0 radical (unpaired) electrons. The van der Waals surface area contributed by atoms with Crippen molar-refractivity contribution < 1.29 is 8.42 Å². The molecule has 1 aliphatic heterocycles. The highest BCUT2D eigenvalue weighted by molar-refractivity contribution is 14.0. The van der Waals surface area contributed by atoms with Crippen molar-refractivity contribution in [1.29, 1.82) is 0 Å². The Kier molecular flexibility index (Phi) is 10.5. The Labute approximate surface area is 207 Å². The standard InChI is InChI=1S/C22H29ClN4O2S.HI/c1-24-22(25-14-11-18-7-9-20(23)10-8-18)26-17-19-12-15-27(16-13-19)30(28,29)21-5-3-2-4-6-21;/h2-10,19H,11-17H2,1H3,(H2,24,25,26);1H. The van der Waals surface area contributed by atoms with E-state index in [1.807, 2.05) is 30.3 Å². The van der Waals surface area contributed by atoms with Gasteiger partial charge in [0.05, 0.1) is 4.90 Å². The molecule has 0 bridgehead atoms. The normalized spacial score (nSPS) is 15.9. The zero-order chi connectivity index (χ0) is 21.4. The molecular formula is C22H30ClIN4O2S. The molecule has 2 N–H and O–H groups in total. The summed E-state index contributed by atoms with van der Waals surface area (Å²) in [7, 11) is -1.64. The Hall–Kier alpha value is -1.36. The summed E-state index contributed by atoms with van der Waals surface area (Å²) in [5.41, 5.74) is 1.22. The highest BCUT2D eigenvalue weighted by Gasteiger charge is 2.29. The number of nitrogens with zero attached hydrogens (tertiary/aromatic N) is 2. The van der Waals surface area contributed by atoms with Crippen LogP contribution in [0.3, 0.4) is 0 Å². The number of hydrogen-bond acceptors (Lipinski definition) is 3. The lowest BCUT2D eigenvalue weighted by molar-refractivity contribution is 0.273. The van der Waals surface area contributed by atoms with E-state index < -0.39 is 10.0 Å². The monoisotopic (exact) mass is 576 g/mol. The van der Waals surface area contributed by atoms with Crippen molar-refractivity contribution in [3.63, 3.8) is 0 Å². The molecule has 0 saturated carbocycles. The molecule has 1 aliphatic rings. The maximum absolute atomic E-state index is 12.7. The summed E-state index contributed by atoms with van der Waals surface area (Å²) in [4.78, 5) is 4.65. The Bertz CT molecular complexity index is 932. The lowest BCUT2D eigenvalue weighted by atomic mass is 9.98. The molecule has 0 atom stereocenters. The summed E-state index contributed by atoms with van der Waals surface area (Å²) in [6.45, 7) is 2.65. The minimum Gasteiger partial charge on any atom is -0.356 e. The van der Waals surface area contributed by atoms with Crippen LogP contribution in [0.1, 0.15) is 18.4 Å². The first-order chi connectivity index (χ1) is 14.5. The van der Waals surface area contributed by atoms with Crippen molar-refractivity contribution >= 4 is 51.6 Å². The number of hydrogen-bond donors (Lipinski definition) is 2. The zero-order valence-corrected chi connectivity index (χ0v) is 21.5. The van der Waals surface area contributed by atoms with Gasteiger partial charge in [0.1, 0.15) is 0 Å². The number of sulfonamides is 1. The zero-order valence-electron chi connectivity index (χ0n) is 17.6. The van der Waals surface area contributed by atoms with E-state index in [0.717, 1.165) is 43.3 Å². The first kappa shape index (κ1) is 25.9. The van der Waals surface area contributed by atoms with E-state index in [4.69, 9.17) is 11.6 Å². The van der Waals surface area contributed by atoms with Crippen LogP contribution in [0.25, 0.3) is 0 Å². The fraction of sp³-hybridized carbons (Fsp3) is 0.409. The van der Waals surface area contributed by atoms with E-state index >= 15 is 0 Å². The largest absolute Gasteiger partial charge is 0.356 e. The number of benzene rings is 2. The van der Waals surface area contributed by atoms with E-state index in [2.05, 4.69) is 15.6 Å². The fourth-order valence-electron chi connectivity index (χ4n) is 3.53. The van der Waals surface area contributed by atoms with Crippen molar-refractivity contribution in [2.45, 2.75) is 24.2 Å². The van der Waals surface area contributed by atoms with E-state index in [9.17, 15) is 8.42 Å². The second-order valence-corrected chi connectivity index (χ2v) is 9.79. The van der Waals surface area contributed by atoms with Gasteiger partial charge in [-0.1, -0.05) is 41.9 Å². The predicted molar refractivity (Wildman–Crippen MR) is 138 cm³/mol. The first-order valence-corrected chi connectivity index (χ1v) is 12.0. The van der Waals surface area contributed by atoms with Gasteiger partial charge in [0, 0.05) is 38.2 Å². The summed E-state index contributed by atoms with van der Waals surface area (Å²) in [5, 5.41) is 7.44. The van der Waals surface area contributed by atoms with E-state index in [-0.39, 0.29) is 24.0 Å². The van der Waals surface area contributed by atoms with Gasteiger partial charge in [-0.15, -0.1) is 24.0 Å². The Morgan fingerprint density at radius 1 is 1.06 bits per heavy atom. The summed E-state index contributed by atoms with van der Waals surface area (Å²) in [6, 6.07) is 16.5. The Balaban J connectivity index is 0.00000341. The van der Waals surface area contributed by atoms with Gasteiger partial charge in [0.2, 0.25) is 10.0 Å². The molecule has 3 rings (SSSR count). The number of guanidine groups is 1. The topological polar surface area (TPSA) is 73.8 Å². The highest BCUT2D eigenvalue weighted by atomic mass is 127. The number of piperidine rings is 1. The number of rotatable bonds is 7. The molecular weight excluding hydrogens is 547 g/mol. The average Bonchev–Trinajstić information content (AvgIpc) is 2.78. The summed E-state index contributed by atoms with van der Waals surface area (Å²) in [6.07, 6.45) is 2.55. The average molecular weight is 577 g/mol. The van der Waals surface area contributed by atoms with Crippen molar-refractivity contribution in [2.24, 2.45) is 10.9 Å². The van der Waals surface area contributed by atoms with Crippen molar-refractivity contribution in [3.8, 4) is 0 Å². The van der Waals surface area contributed by atoms with Gasteiger partial charge >= 0.3 is 0 Å². The second-order valence-electron chi connectivity index (χ2n) is 7.42. The molecule has 1 fully saturated rings. The van der Waals surface area contributed by atoms with Crippen molar-refractivity contribution in [3.05, 3.63) is 65.2 Å². The van der Waals surface area contributed by atoms with Gasteiger partial charge in [-0.2, -0.15) is 4.31 Å². The smallest absolute Gasteiger partial charge is 0.243 e. The number of aliphatic imine (C=N–C) groups is 1. The van der Waals surface area contributed by atoms with Crippen LogP contribution in [0.2, 0.25) is 5.02 Å². The van der Waals surface area contributed by atoms with Crippen molar-refractivity contribution in [2.75, 3.05) is 33.2 Å².